The molecule has 0 atom stereocenters. The van der Waals surface area contributed by atoms with Gasteiger partial charge in [-0.25, -0.2) is 13.9 Å². The van der Waals surface area contributed by atoms with Gasteiger partial charge in [-0.2, -0.15) is 5.10 Å². The number of benzene rings is 1. The Hall–Kier alpha value is -2.29. The minimum absolute atomic E-state index is 0.0175. The van der Waals surface area contributed by atoms with Crippen molar-refractivity contribution < 1.29 is 4.39 Å². The number of aromatic nitrogens is 3. The molecule has 0 fully saturated rings. The maximum atomic E-state index is 12.9. The Morgan fingerprint density at radius 3 is 2.83 bits per heavy atom. The summed E-state index contributed by atoms with van der Waals surface area (Å²) in [5.41, 5.74) is 0.0175. The molecule has 1 aromatic carbocycles. The summed E-state index contributed by atoms with van der Waals surface area (Å²) >= 11 is 1.71. The van der Waals surface area contributed by atoms with Crippen LogP contribution in [-0.2, 0) is 19.5 Å². The molecule has 30 heavy (non-hydrogen) atoms. The van der Waals surface area contributed by atoms with Crippen molar-refractivity contribution >= 4 is 17.7 Å². The molecule has 2 N–H and O–H groups in total. The van der Waals surface area contributed by atoms with Gasteiger partial charge in [0.25, 0.3) is 0 Å². The summed E-state index contributed by atoms with van der Waals surface area (Å²) in [5, 5.41) is 11.1. The lowest BCUT2D eigenvalue weighted by atomic mass is 10.2. The zero-order valence-corrected chi connectivity index (χ0v) is 18.4. The lowest BCUT2D eigenvalue weighted by molar-refractivity contribution is 0.509. The van der Waals surface area contributed by atoms with Crippen molar-refractivity contribution in [1.29, 1.82) is 0 Å². The van der Waals surface area contributed by atoms with Gasteiger partial charge in [0.1, 0.15) is 11.6 Å². The molecular weight excluding hydrogens is 403 g/mol. The highest BCUT2D eigenvalue weighted by Gasteiger charge is 2.16. The van der Waals surface area contributed by atoms with Crippen LogP contribution in [0.2, 0.25) is 0 Å². The smallest absolute Gasteiger partial charge is 0.345 e. The third-order valence-corrected chi connectivity index (χ3v) is 5.97. The van der Waals surface area contributed by atoms with E-state index in [0.29, 0.717) is 6.54 Å². The lowest BCUT2D eigenvalue weighted by Gasteiger charge is -2.11. The Labute approximate surface area is 181 Å². The standard InChI is InChI=1S/C21H31FN6OS/c1-2-23-20(25-13-6-16-30-18-10-8-17(22)9-11-18)24-12-5-15-28-21(29)27-14-4-3-7-19(27)26-28/h8-11H,2-7,12-16H2,1H3,(H2,23,24,25). The number of aryl methyl sites for hydroxylation is 2. The molecule has 0 aliphatic carbocycles. The van der Waals surface area contributed by atoms with Crippen LogP contribution in [0.25, 0.3) is 0 Å². The molecule has 1 aromatic heterocycles. The van der Waals surface area contributed by atoms with Crippen LogP contribution in [0, 0.1) is 5.82 Å². The maximum Gasteiger partial charge on any atom is 0.345 e. The number of hydrogen-bond donors (Lipinski definition) is 2. The Morgan fingerprint density at radius 2 is 2.07 bits per heavy atom. The predicted molar refractivity (Wildman–Crippen MR) is 120 cm³/mol. The molecular formula is C21H31FN6OS. The van der Waals surface area contributed by atoms with E-state index in [2.05, 4.69) is 20.7 Å². The number of thioether (sulfide) groups is 1. The van der Waals surface area contributed by atoms with Crippen LogP contribution < -0.4 is 16.3 Å². The Kier molecular flexibility index (Phi) is 8.80. The molecule has 0 amide bonds. The molecule has 2 heterocycles. The molecule has 3 rings (SSSR count). The van der Waals surface area contributed by atoms with Crippen LogP contribution in [-0.4, -0.2) is 45.7 Å². The Morgan fingerprint density at radius 1 is 1.23 bits per heavy atom. The molecule has 0 saturated carbocycles. The first kappa shape index (κ1) is 22.4. The molecule has 7 nitrogen and oxygen atoms in total. The van der Waals surface area contributed by atoms with Crippen LogP contribution >= 0.6 is 11.8 Å². The van der Waals surface area contributed by atoms with E-state index in [-0.39, 0.29) is 11.5 Å². The quantitative estimate of drug-likeness (QED) is 0.260. The zero-order chi connectivity index (χ0) is 21.2. The van der Waals surface area contributed by atoms with Gasteiger partial charge < -0.3 is 10.6 Å². The normalized spacial score (nSPS) is 13.9. The van der Waals surface area contributed by atoms with Crippen LogP contribution in [0.5, 0.6) is 0 Å². The molecule has 1 aliphatic rings. The molecule has 1 aliphatic heterocycles. The van der Waals surface area contributed by atoms with E-state index in [9.17, 15) is 9.18 Å². The van der Waals surface area contributed by atoms with Crippen molar-refractivity contribution in [2.45, 2.75) is 57.0 Å². The summed E-state index contributed by atoms with van der Waals surface area (Å²) in [5.74, 6) is 2.44. The van der Waals surface area contributed by atoms with Gasteiger partial charge in [-0.05, 0) is 62.6 Å². The summed E-state index contributed by atoms with van der Waals surface area (Å²) in [4.78, 5) is 18.0. The van der Waals surface area contributed by atoms with Gasteiger partial charge in [0, 0.05) is 44.0 Å². The second-order valence-corrected chi connectivity index (χ2v) is 8.40. The summed E-state index contributed by atoms with van der Waals surface area (Å²) in [6.07, 6.45) is 4.82. The minimum atomic E-state index is -0.206. The fourth-order valence-corrected chi connectivity index (χ4v) is 4.19. The third kappa shape index (κ3) is 6.62. The Bertz CT molecular complexity index is 877. The van der Waals surface area contributed by atoms with Crippen molar-refractivity contribution in [2.75, 3.05) is 25.4 Å². The van der Waals surface area contributed by atoms with Gasteiger partial charge in [-0.3, -0.25) is 9.56 Å². The minimum Gasteiger partial charge on any atom is -0.357 e. The van der Waals surface area contributed by atoms with Crippen LogP contribution in [0.3, 0.4) is 0 Å². The SMILES string of the molecule is CCNC(=NCCCSc1ccc(F)cc1)NCCCn1nc2n(c1=O)CCCC2. The Balaban J connectivity index is 1.37. The van der Waals surface area contributed by atoms with Crippen molar-refractivity contribution in [3.63, 3.8) is 0 Å². The highest BCUT2D eigenvalue weighted by molar-refractivity contribution is 7.99. The molecule has 0 spiro atoms. The monoisotopic (exact) mass is 434 g/mol. The fourth-order valence-electron chi connectivity index (χ4n) is 3.35. The first-order valence-electron chi connectivity index (χ1n) is 10.7. The van der Waals surface area contributed by atoms with Gasteiger partial charge in [0.05, 0.1) is 0 Å². The second-order valence-electron chi connectivity index (χ2n) is 7.23. The summed E-state index contributed by atoms with van der Waals surface area (Å²) in [6, 6.07) is 6.58. The average Bonchev–Trinajstić information content (AvgIpc) is 3.08. The number of fused-ring (bicyclic) bond motifs is 1. The number of nitrogens with one attached hydrogen (secondary N) is 2. The number of rotatable bonds is 10. The van der Waals surface area contributed by atoms with E-state index in [4.69, 9.17) is 0 Å². The largest absolute Gasteiger partial charge is 0.357 e. The highest BCUT2D eigenvalue weighted by atomic mass is 32.2. The topological polar surface area (TPSA) is 76.2 Å². The maximum absolute atomic E-state index is 12.9. The molecule has 164 valence electrons. The van der Waals surface area contributed by atoms with E-state index in [1.165, 1.54) is 12.1 Å². The van der Waals surface area contributed by atoms with Gasteiger partial charge in [0.2, 0.25) is 0 Å². The summed E-state index contributed by atoms with van der Waals surface area (Å²) in [6.45, 7) is 5.68. The van der Waals surface area contributed by atoms with Crippen molar-refractivity contribution in [2.24, 2.45) is 4.99 Å². The van der Waals surface area contributed by atoms with E-state index < -0.39 is 0 Å². The number of nitrogens with zero attached hydrogens (tertiary/aromatic N) is 4. The van der Waals surface area contributed by atoms with Crippen molar-refractivity contribution in [1.82, 2.24) is 25.0 Å². The summed E-state index contributed by atoms with van der Waals surface area (Å²) in [7, 11) is 0. The highest BCUT2D eigenvalue weighted by Crippen LogP contribution is 2.18. The van der Waals surface area contributed by atoms with Gasteiger partial charge in [-0.1, -0.05) is 0 Å². The van der Waals surface area contributed by atoms with E-state index in [1.54, 1.807) is 28.6 Å². The fraction of sp³-hybridized carbons (Fsp3) is 0.571. The molecule has 9 heteroatoms. The van der Waals surface area contributed by atoms with Crippen LogP contribution in [0.4, 0.5) is 4.39 Å². The van der Waals surface area contributed by atoms with Crippen LogP contribution in [0.15, 0.2) is 38.9 Å². The molecule has 0 bridgehead atoms. The first-order valence-corrected chi connectivity index (χ1v) is 11.7. The van der Waals surface area contributed by atoms with Gasteiger partial charge >= 0.3 is 5.69 Å². The lowest BCUT2D eigenvalue weighted by Crippen LogP contribution is -2.38. The zero-order valence-electron chi connectivity index (χ0n) is 17.6. The molecule has 0 radical (unpaired) electrons. The van der Waals surface area contributed by atoms with Crippen molar-refractivity contribution in [3.05, 3.63) is 46.4 Å². The first-order chi connectivity index (χ1) is 14.7. The van der Waals surface area contributed by atoms with Gasteiger partial charge in [-0.15, -0.1) is 11.8 Å². The van der Waals surface area contributed by atoms with Crippen LogP contribution in [0.1, 0.15) is 38.4 Å². The molecule has 2 aromatic rings. The second kappa shape index (κ2) is 11.8. The number of hydrogen-bond acceptors (Lipinski definition) is 4. The predicted octanol–water partition coefficient (Wildman–Crippen LogP) is 2.65. The van der Waals surface area contributed by atoms with E-state index in [1.807, 2.05) is 11.5 Å². The number of guanidine groups is 1. The molecule has 0 unspecified atom stereocenters. The number of aliphatic imine (C=N–C) groups is 1. The van der Waals surface area contributed by atoms with E-state index >= 15 is 0 Å². The third-order valence-electron chi connectivity index (χ3n) is 4.87. The van der Waals surface area contributed by atoms with Gasteiger partial charge in [0.15, 0.2) is 5.96 Å². The number of halogens is 1. The average molecular weight is 435 g/mol. The molecule has 0 saturated heterocycles. The van der Waals surface area contributed by atoms with E-state index in [0.717, 1.165) is 80.7 Å². The summed E-state index contributed by atoms with van der Waals surface area (Å²) < 4.78 is 16.3. The van der Waals surface area contributed by atoms with Crippen molar-refractivity contribution in [3.8, 4) is 0 Å².